The predicted molar refractivity (Wildman–Crippen MR) is 131 cm³/mol. The summed E-state index contributed by atoms with van der Waals surface area (Å²) < 4.78 is 7.36. The van der Waals surface area contributed by atoms with Gasteiger partial charge in [0.05, 0.1) is 12.9 Å². The Bertz CT molecular complexity index is 1070. The molecule has 2 amide bonds. The maximum absolute atomic E-state index is 13.1. The Hall–Kier alpha value is -3.65. The van der Waals surface area contributed by atoms with Gasteiger partial charge in [-0.2, -0.15) is 0 Å². The number of hydrogen-bond acceptors (Lipinski definition) is 5. The number of carbonyl (C=O) groups excluding carboxylic acids is 2. The van der Waals surface area contributed by atoms with Gasteiger partial charge in [0, 0.05) is 69.3 Å². The first kappa shape index (κ1) is 23.5. The maximum Gasteiger partial charge on any atom is 0.254 e. The fourth-order valence-electron chi connectivity index (χ4n) is 4.01. The van der Waals surface area contributed by atoms with Crippen LogP contribution in [0.4, 0.5) is 5.69 Å². The smallest absolute Gasteiger partial charge is 0.254 e. The number of carbonyl (C=O) groups is 2. The molecule has 3 aromatic rings. The molecule has 1 aliphatic heterocycles. The predicted octanol–water partition coefficient (Wildman–Crippen LogP) is 3.27. The zero-order chi connectivity index (χ0) is 23.8. The fraction of sp³-hybridized carbons (Fsp3) is 0.346. The highest BCUT2D eigenvalue weighted by Crippen LogP contribution is 2.17. The molecule has 8 nitrogen and oxygen atoms in total. The number of rotatable bonds is 9. The van der Waals surface area contributed by atoms with Crippen LogP contribution in [0.1, 0.15) is 29.3 Å². The van der Waals surface area contributed by atoms with E-state index in [0.717, 1.165) is 25.4 Å². The number of amides is 2. The van der Waals surface area contributed by atoms with Crippen LogP contribution in [0.3, 0.4) is 0 Å². The minimum absolute atomic E-state index is 0.00442. The number of anilines is 1. The van der Waals surface area contributed by atoms with Gasteiger partial charge in [0.2, 0.25) is 5.91 Å². The summed E-state index contributed by atoms with van der Waals surface area (Å²) in [6.45, 7) is 7.06. The van der Waals surface area contributed by atoms with Crippen molar-refractivity contribution in [3.8, 4) is 5.75 Å². The average molecular weight is 462 g/mol. The zero-order valence-electron chi connectivity index (χ0n) is 19.5. The lowest BCUT2D eigenvalue weighted by atomic mass is 10.1. The SMILES string of the molecule is CCOc1ccc(CN2CCN(C(=O)c3cccc(NC(=O)CCn4ccnc4)c3)CC2)cc1. The van der Waals surface area contributed by atoms with Crippen molar-refractivity contribution in [3.63, 3.8) is 0 Å². The van der Waals surface area contributed by atoms with Crippen molar-refractivity contribution < 1.29 is 14.3 Å². The second kappa shape index (κ2) is 11.5. The number of hydrogen-bond donors (Lipinski definition) is 1. The van der Waals surface area contributed by atoms with E-state index in [4.69, 9.17) is 4.74 Å². The number of aryl methyl sites for hydroxylation is 1. The Morgan fingerprint density at radius 3 is 2.56 bits per heavy atom. The van der Waals surface area contributed by atoms with E-state index in [9.17, 15) is 9.59 Å². The van der Waals surface area contributed by atoms with Crippen molar-refractivity contribution in [1.82, 2.24) is 19.4 Å². The number of benzene rings is 2. The lowest BCUT2D eigenvalue weighted by molar-refractivity contribution is -0.116. The van der Waals surface area contributed by atoms with Crippen molar-refractivity contribution in [2.24, 2.45) is 0 Å². The molecule has 0 bridgehead atoms. The third-order valence-electron chi connectivity index (χ3n) is 5.85. The summed E-state index contributed by atoms with van der Waals surface area (Å²) in [5.41, 5.74) is 2.46. The van der Waals surface area contributed by atoms with Gasteiger partial charge in [-0.15, -0.1) is 0 Å². The minimum Gasteiger partial charge on any atom is -0.494 e. The van der Waals surface area contributed by atoms with E-state index in [2.05, 4.69) is 27.3 Å². The summed E-state index contributed by atoms with van der Waals surface area (Å²) in [5.74, 6) is 0.787. The largest absolute Gasteiger partial charge is 0.494 e. The molecule has 2 heterocycles. The first-order chi connectivity index (χ1) is 16.6. The molecule has 4 rings (SSSR count). The van der Waals surface area contributed by atoms with Gasteiger partial charge in [-0.05, 0) is 42.8 Å². The molecule has 1 fully saturated rings. The Morgan fingerprint density at radius 2 is 1.85 bits per heavy atom. The fourth-order valence-corrected chi connectivity index (χ4v) is 4.01. The number of nitrogens with one attached hydrogen (secondary N) is 1. The monoisotopic (exact) mass is 461 g/mol. The molecule has 8 heteroatoms. The molecule has 1 aliphatic rings. The lowest BCUT2D eigenvalue weighted by Gasteiger charge is -2.34. The summed E-state index contributed by atoms with van der Waals surface area (Å²) >= 11 is 0. The number of imidazole rings is 1. The van der Waals surface area contributed by atoms with Crippen LogP contribution in [0.25, 0.3) is 0 Å². The number of aromatic nitrogens is 2. The van der Waals surface area contributed by atoms with Gasteiger partial charge in [0.1, 0.15) is 5.75 Å². The number of piperazine rings is 1. The molecule has 34 heavy (non-hydrogen) atoms. The molecular weight excluding hydrogens is 430 g/mol. The summed E-state index contributed by atoms with van der Waals surface area (Å²) in [6, 6.07) is 15.4. The second-order valence-corrected chi connectivity index (χ2v) is 8.32. The van der Waals surface area contributed by atoms with Gasteiger partial charge in [-0.25, -0.2) is 4.98 Å². The third-order valence-corrected chi connectivity index (χ3v) is 5.85. The van der Waals surface area contributed by atoms with Crippen LogP contribution in [0.15, 0.2) is 67.3 Å². The summed E-state index contributed by atoms with van der Waals surface area (Å²) in [5, 5.41) is 2.89. The van der Waals surface area contributed by atoms with E-state index < -0.39 is 0 Å². The normalized spacial score (nSPS) is 14.1. The first-order valence-electron chi connectivity index (χ1n) is 11.7. The van der Waals surface area contributed by atoms with E-state index >= 15 is 0 Å². The molecule has 0 atom stereocenters. The number of nitrogens with zero attached hydrogens (tertiary/aromatic N) is 4. The Labute approximate surface area is 200 Å². The molecule has 1 N–H and O–H groups in total. The van der Waals surface area contributed by atoms with Crippen LogP contribution < -0.4 is 10.1 Å². The molecular formula is C26H31N5O3. The van der Waals surface area contributed by atoms with E-state index in [1.165, 1.54) is 5.56 Å². The highest BCUT2D eigenvalue weighted by Gasteiger charge is 2.22. The Morgan fingerprint density at radius 1 is 1.06 bits per heavy atom. The van der Waals surface area contributed by atoms with Crippen LogP contribution in [0.5, 0.6) is 5.75 Å². The summed E-state index contributed by atoms with van der Waals surface area (Å²) in [6.07, 6.45) is 5.53. The van der Waals surface area contributed by atoms with Crippen LogP contribution in [-0.2, 0) is 17.9 Å². The Kier molecular flexibility index (Phi) is 7.93. The van der Waals surface area contributed by atoms with Gasteiger partial charge in [-0.1, -0.05) is 18.2 Å². The van der Waals surface area contributed by atoms with E-state index in [-0.39, 0.29) is 11.8 Å². The summed E-state index contributed by atoms with van der Waals surface area (Å²) in [7, 11) is 0. The van der Waals surface area contributed by atoms with Gasteiger partial charge < -0.3 is 19.5 Å². The van der Waals surface area contributed by atoms with Crippen LogP contribution in [0, 0.1) is 0 Å². The molecule has 178 valence electrons. The van der Waals surface area contributed by atoms with Crippen LogP contribution in [0.2, 0.25) is 0 Å². The molecule has 2 aromatic carbocycles. The summed E-state index contributed by atoms with van der Waals surface area (Å²) in [4.78, 5) is 33.5. The van der Waals surface area contributed by atoms with Gasteiger partial charge in [0.15, 0.2) is 0 Å². The Balaban J connectivity index is 1.26. The standard InChI is InChI=1S/C26H31N5O3/c1-2-34-24-8-6-21(7-9-24)19-29-14-16-31(17-15-29)26(33)22-4-3-5-23(18-22)28-25(32)10-12-30-13-11-27-20-30/h3-9,11,13,18,20H,2,10,12,14-17,19H2,1H3,(H,28,32). The maximum atomic E-state index is 13.1. The second-order valence-electron chi connectivity index (χ2n) is 8.32. The molecule has 1 saturated heterocycles. The minimum atomic E-state index is -0.0961. The van der Waals surface area contributed by atoms with Crippen molar-refractivity contribution in [1.29, 1.82) is 0 Å². The lowest BCUT2D eigenvalue weighted by Crippen LogP contribution is -2.48. The van der Waals surface area contributed by atoms with E-state index in [1.807, 2.05) is 34.7 Å². The van der Waals surface area contributed by atoms with Gasteiger partial charge in [-0.3, -0.25) is 14.5 Å². The van der Waals surface area contributed by atoms with E-state index in [0.29, 0.717) is 43.9 Å². The first-order valence-corrected chi connectivity index (χ1v) is 11.7. The molecule has 0 spiro atoms. The zero-order valence-corrected chi connectivity index (χ0v) is 19.5. The van der Waals surface area contributed by atoms with Gasteiger partial charge in [0.25, 0.3) is 5.91 Å². The van der Waals surface area contributed by atoms with Crippen molar-refractivity contribution in [3.05, 3.63) is 78.4 Å². The van der Waals surface area contributed by atoms with Crippen LogP contribution >= 0.6 is 0 Å². The molecule has 0 radical (unpaired) electrons. The highest BCUT2D eigenvalue weighted by molar-refractivity contribution is 5.97. The van der Waals surface area contributed by atoms with Crippen molar-refractivity contribution in [2.75, 3.05) is 38.1 Å². The molecule has 1 aromatic heterocycles. The van der Waals surface area contributed by atoms with Crippen molar-refractivity contribution in [2.45, 2.75) is 26.4 Å². The quantitative estimate of drug-likeness (QED) is 0.529. The molecule has 0 saturated carbocycles. The highest BCUT2D eigenvalue weighted by atomic mass is 16.5. The average Bonchev–Trinajstić information content (AvgIpc) is 3.38. The van der Waals surface area contributed by atoms with E-state index in [1.54, 1.807) is 36.8 Å². The topological polar surface area (TPSA) is 79.7 Å². The van der Waals surface area contributed by atoms with Crippen LogP contribution in [-0.4, -0.2) is 64.0 Å². The van der Waals surface area contributed by atoms with Crippen molar-refractivity contribution >= 4 is 17.5 Å². The molecule has 0 aliphatic carbocycles. The third kappa shape index (κ3) is 6.45. The molecule has 0 unspecified atom stereocenters. The van der Waals surface area contributed by atoms with Gasteiger partial charge >= 0.3 is 0 Å². The number of ether oxygens (including phenoxy) is 1.